The molecular weight excluding hydrogens is 196 g/mol. The van der Waals surface area contributed by atoms with Crippen LogP contribution in [0.2, 0.25) is 0 Å². The maximum Gasteiger partial charge on any atom is 0.237 e. The summed E-state index contributed by atoms with van der Waals surface area (Å²) < 4.78 is 0. The van der Waals surface area contributed by atoms with Crippen LogP contribution in [0.4, 0.5) is 0 Å². The second-order valence-corrected chi connectivity index (χ2v) is 4.37. The minimum absolute atomic E-state index is 0.00671. The molecule has 3 nitrogen and oxygen atoms in total. The van der Waals surface area contributed by atoms with Crippen LogP contribution >= 0.6 is 11.8 Å². The van der Waals surface area contributed by atoms with E-state index in [1.165, 1.54) is 0 Å². The number of amides is 1. The molecule has 0 aliphatic rings. The summed E-state index contributed by atoms with van der Waals surface area (Å²) in [6, 6.07) is -0.0729. The van der Waals surface area contributed by atoms with Gasteiger partial charge in [0, 0.05) is 11.8 Å². The molecule has 0 rings (SSSR count). The summed E-state index contributed by atoms with van der Waals surface area (Å²) in [5.74, 6) is 0.953. The molecule has 0 aromatic rings. The van der Waals surface area contributed by atoms with Crippen molar-refractivity contribution in [2.75, 3.05) is 12.0 Å². The highest BCUT2D eigenvalue weighted by Crippen LogP contribution is 2.02. The van der Waals surface area contributed by atoms with Gasteiger partial charge in [0.2, 0.25) is 5.91 Å². The average molecular weight is 218 g/mol. The Morgan fingerprint density at radius 3 is 2.57 bits per heavy atom. The highest BCUT2D eigenvalue weighted by Gasteiger charge is 2.15. The summed E-state index contributed by atoms with van der Waals surface area (Å²) in [6.45, 7) is 4.11. The van der Waals surface area contributed by atoms with Gasteiger partial charge in [-0.25, -0.2) is 0 Å². The second-order valence-electron chi connectivity index (χ2n) is 3.46. The molecule has 2 atom stereocenters. The number of rotatable bonds is 7. The molecule has 0 fully saturated rings. The maximum absolute atomic E-state index is 11.5. The Kier molecular flexibility index (Phi) is 7.99. The van der Waals surface area contributed by atoms with Crippen LogP contribution in [-0.4, -0.2) is 30.0 Å². The minimum atomic E-state index is -0.337. The van der Waals surface area contributed by atoms with E-state index >= 15 is 0 Å². The van der Waals surface area contributed by atoms with Crippen LogP contribution in [0.1, 0.15) is 33.1 Å². The van der Waals surface area contributed by atoms with E-state index in [9.17, 15) is 4.79 Å². The quantitative estimate of drug-likeness (QED) is 0.678. The molecule has 84 valence electrons. The molecule has 0 aliphatic heterocycles. The van der Waals surface area contributed by atoms with Gasteiger partial charge in [-0.1, -0.05) is 20.3 Å². The third-order valence-electron chi connectivity index (χ3n) is 2.14. The molecule has 1 amide bonds. The van der Waals surface area contributed by atoms with Gasteiger partial charge in [0.15, 0.2) is 0 Å². The first kappa shape index (κ1) is 13.8. The number of thioether (sulfide) groups is 1. The third-order valence-corrected chi connectivity index (χ3v) is 2.88. The van der Waals surface area contributed by atoms with Crippen molar-refractivity contribution in [1.82, 2.24) is 5.32 Å². The van der Waals surface area contributed by atoms with E-state index in [4.69, 9.17) is 5.73 Å². The van der Waals surface area contributed by atoms with E-state index < -0.39 is 0 Å². The summed E-state index contributed by atoms with van der Waals surface area (Å²) in [6.07, 6.45) is 4.72. The summed E-state index contributed by atoms with van der Waals surface area (Å²) >= 11 is 1.75. The molecule has 14 heavy (non-hydrogen) atoms. The largest absolute Gasteiger partial charge is 0.351 e. The van der Waals surface area contributed by atoms with Crippen molar-refractivity contribution in [3.8, 4) is 0 Å². The first-order valence-corrected chi connectivity index (χ1v) is 6.59. The molecule has 0 saturated carbocycles. The third kappa shape index (κ3) is 5.50. The maximum atomic E-state index is 11.5. The van der Waals surface area contributed by atoms with Gasteiger partial charge in [0.25, 0.3) is 0 Å². The second kappa shape index (κ2) is 8.12. The lowest BCUT2D eigenvalue weighted by atomic mass is 10.1. The van der Waals surface area contributed by atoms with E-state index in [0.717, 1.165) is 25.0 Å². The monoisotopic (exact) mass is 218 g/mol. The number of nitrogens with one attached hydrogen (secondary N) is 1. The Bertz CT molecular complexity index is 164. The number of carbonyl (C=O) groups excluding carboxylic acids is 1. The van der Waals surface area contributed by atoms with Crippen molar-refractivity contribution in [3.05, 3.63) is 0 Å². The summed E-state index contributed by atoms with van der Waals surface area (Å²) in [7, 11) is 0. The minimum Gasteiger partial charge on any atom is -0.351 e. The SMILES string of the molecule is CCC[C@@H](N)C(=O)NC(CC)CSC. The predicted octanol–water partition coefficient (Wildman–Crippen LogP) is 1.37. The molecule has 0 aliphatic carbocycles. The van der Waals surface area contributed by atoms with E-state index in [1.807, 2.05) is 13.2 Å². The van der Waals surface area contributed by atoms with Gasteiger partial charge in [-0.3, -0.25) is 4.79 Å². The predicted molar refractivity (Wildman–Crippen MR) is 63.5 cm³/mol. The number of hydrogen-bond acceptors (Lipinski definition) is 3. The van der Waals surface area contributed by atoms with Gasteiger partial charge in [0.1, 0.15) is 0 Å². The summed E-state index contributed by atoms with van der Waals surface area (Å²) in [5.41, 5.74) is 5.71. The van der Waals surface area contributed by atoms with Crippen molar-refractivity contribution in [2.24, 2.45) is 5.73 Å². The van der Waals surface area contributed by atoms with Crippen molar-refractivity contribution >= 4 is 17.7 Å². The highest BCUT2D eigenvalue weighted by atomic mass is 32.2. The van der Waals surface area contributed by atoms with Crippen molar-refractivity contribution in [3.63, 3.8) is 0 Å². The van der Waals surface area contributed by atoms with Crippen LogP contribution in [0.25, 0.3) is 0 Å². The van der Waals surface area contributed by atoms with Gasteiger partial charge in [-0.05, 0) is 19.1 Å². The first-order chi connectivity index (χ1) is 6.65. The lowest BCUT2D eigenvalue weighted by Crippen LogP contribution is -2.46. The molecule has 1 unspecified atom stereocenters. The lowest BCUT2D eigenvalue weighted by Gasteiger charge is -2.18. The fourth-order valence-electron chi connectivity index (χ4n) is 1.21. The lowest BCUT2D eigenvalue weighted by molar-refractivity contribution is -0.123. The highest BCUT2D eigenvalue weighted by molar-refractivity contribution is 7.98. The van der Waals surface area contributed by atoms with Crippen LogP contribution in [0, 0.1) is 0 Å². The number of nitrogens with two attached hydrogens (primary N) is 1. The molecule has 0 aromatic carbocycles. The number of hydrogen-bond donors (Lipinski definition) is 2. The Balaban J connectivity index is 3.88. The topological polar surface area (TPSA) is 55.1 Å². The van der Waals surface area contributed by atoms with Crippen molar-refractivity contribution < 1.29 is 4.79 Å². The molecule has 0 aromatic heterocycles. The Morgan fingerprint density at radius 1 is 1.50 bits per heavy atom. The van der Waals surface area contributed by atoms with E-state index in [2.05, 4.69) is 12.2 Å². The molecule has 0 bridgehead atoms. The fraction of sp³-hybridized carbons (Fsp3) is 0.900. The van der Waals surface area contributed by atoms with Crippen LogP contribution in [-0.2, 0) is 4.79 Å². The zero-order valence-corrected chi connectivity index (χ0v) is 10.2. The fourth-order valence-corrected chi connectivity index (χ4v) is 1.93. The molecule has 0 saturated heterocycles. The Labute approximate surface area is 91.2 Å². The molecule has 0 heterocycles. The molecule has 4 heteroatoms. The van der Waals surface area contributed by atoms with Gasteiger partial charge in [0.05, 0.1) is 6.04 Å². The molecular formula is C10H22N2OS. The average Bonchev–Trinajstić information content (AvgIpc) is 2.17. The van der Waals surface area contributed by atoms with Crippen molar-refractivity contribution in [1.29, 1.82) is 0 Å². The van der Waals surface area contributed by atoms with Gasteiger partial charge in [-0.2, -0.15) is 11.8 Å². The number of carbonyl (C=O) groups is 1. The van der Waals surface area contributed by atoms with E-state index in [0.29, 0.717) is 0 Å². The molecule has 0 radical (unpaired) electrons. The summed E-state index contributed by atoms with van der Waals surface area (Å²) in [5, 5.41) is 2.97. The Morgan fingerprint density at radius 2 is 2.14 bits per heavy atom. The molecule has 0 spiro atoms. The van der Waals surface area contributed by atoms with Crippen LogP contribution in [0.3, 0.4) is 0 Å². The van der Waals surface area contributed by atoms with Gasteiger partial charge >= 0.3 is 0 Å². The standard InChI is InChI=1S/C10H22N2OS/c1-4-6-9(11)10(13)12-8(5-2)7-14-3/h8-9H,4-7,11H2,1-3H3,(H,12,13)/t8?,9-/m1/s1. The van der Waals surface area contributed by atoms with Crippen LogP contribution < -0.4 is 11.1 Å². The van der Waals surface area contributed by atoms with Crippen molar-refractivity contribution in [2.45, 2.75) is 45.2 Å². The van der Waals surface area contributed by atoms with Gasteiger partial charge < -0.3 is 11.1 Å². The Hall–Kier alpha value is -0.220. The van der Waals surface area contributed by atoms with E-state index in [-0.39, 0.29) is 18.0 Å². The smallest absolute Gasteiger partial charge is 0.237 e. The van der Waals surface area contributed by atoms with Gasteiger partial charge in [-0.15, -0.1) is 0 Å². The summed E-state index contributed by atoms with van der Waals surface area (Å²) in [4.78, 5) is 11.5. The van der Waals surface area contributed by atoms with Crippen LogP contribution in [0.15, 0.2) is 0 Å². The normalized spacial score (nSPS) is 14.9. The zero-order valence-electron chi connectivity index (χ0n) is 9.38. The first-order valence-electron chi connectivity index (χ1n) is 5.20. The molecule has 3 N–H and O–H groups in total. The van der Waals surface area contributed by atoms with Crippen LogP contribution in [0.5, 0.6) is 0 Å². The van der Waals surface area contributed by atoms with E-state index in [1.54, 1.807) is 11.8 Å². The zero-order chi connectivity index (χ0) is 11.0.